The Morgan fingerprint density at radius 3 is 2.25 bits per heavy atom. The number of hydrogen-bond acceptors (Lipinski definition) is 3. The second-order valence-electron chi connectivity index (χ2n) is 7.64. The first-order valence-electron chi connectivity index (χ1n) is 9.75. The van der Waals surface area contributed by atoms with Crippen LogP contribution in [-0.2, 0) is 21.4 Å². The molecule has 2 aromatic carbocycles. The molecule has 1 aliphatic rings. The van der Waals surface area contributed by atoms with Crippen molar-refractivity contribution in [3.8, 4) is 0 Å². The summed E-state index contributed by atoms with van der Waals surface area (Å²) in [6.07, 6.45) is 1.93. The molecule has 1 aliphatic heterocycles. The van der Waals surface area contributed by atoms with Crippen LogP contribution in [0.5, 0.6) is 0 Å². The van der Waals surface area contributed by atoms with Gasteiger partial charge < -0.3 is 4.90 Å². The highest BCUT2D eigenvalue weighted by atomic mass is 32.2. The number of piperidine rings is 1. The predicted molar refractivity (Wildman–Crippen MR) is 110 cm³/mol. The molecule has 5 nitrogen and oxygen atoms in total. The van der Waals surface area contributed by atoms with Crippen molar-refractivity contribution in [3.05, 3.63) is 65.7 Å². The fraction of sp³-hybridized carbons (Fsp3) is 0.409. The summed E-state index contributed by atoms with van der Waals surface area (Å²) in [6.45, 7) is 5.53. The number of benzene rings is 2. The topological polar surface area (TPSA) is 57.7 Å². The Morgan fingerprint density at radius 2 is 1.64 bits per heavy atom. The molecule has 1 saturated heterocycles. The SMILES string of the molecule is Cc1ccc(S(=O)(=O)N(CC(=O)N2CCC(C)CC2)Cc2ccccc2)cc1. The molecule has 0 unspecified atom stereocenters. The van der Waals surface area contributed by atoms with Crippen molar-refractivity contribution in [1.29, 1.82) is 0 Å². The largest absolute Gasteiger partial charge is 0.342 e. The molecular formula is C22H28N2O3S. The summed E-state index contributed by atoms with van der Waals surface area (Å²) in [5.41, 5.74) is 1.85. The monoisotopic (exact) mass is 400 g/mol. The van der Waals surface area contributed by atoms with Crippen molar-refractivity contribution in [2.24, 2.45) is 5.92 Å². The zero-order valence-corrected chi connectivity index (χ0v) is 17.4. The Bertz CT molecular complexity index is 887. The van der Waals surface area contributed by atoms with E-state index in [0.29, 0.717) is 19.0 Å². The zero-order valence-electron chi connectivity index (χ0n) is 16.5. The third kappa shape index (κ3) is 5.00. The molecule has 3 rings (SSSR count). The minimum Gasteiger partial charge on any atom is -0.342 e. The summed E-state index contributed by atoms with van der Waals surface area (Å²) in [7, 11) is -3.77. The van der Waals surface area contributed by atoms with E-state index in [2.05, 4.69) is 6.92 Å². The molecule has 150 valence electrons. The Morgan fingerprint density at radius 1 is 1.04 bits per heavy atom. The number of rotatable bonds is 6. The molecule has 0 aromatic heterocycles. The molecule has 6 heteroatoms. The lowest BCUT2D eigenvalue weighted by molar-refractivity contribution is -0.132. The van der Waals surface area contributed by atoms with Crippen molar-refractivity contribution in [2.75, 3.05) is 19.6 Å². The number of nitrogens with zero attached hydrogens (tertiary/aromatic N) is 2. The smallest absolute Gasteiger partial charge is 0.243 e. The van der Waals surface area contributed by atoms with Gasteiger partial charge in [0.25, 0.3) is 0 Å². The minimum atomic E-state index is -3.77. The average Bonchev–Trinajstić information content (AvgIpc) is 2.69. The van der Waals surface area contributed by atoms with Crippen LogP contribution >= 0.6 is 0 Å². The summed E-state index contributed by atoms with van der Waals surface area (Å²) < 4.78 is 27.8. The maximum absolute atomic E-state index is 13.3. The molecule has 0 aliphatic carbocycles. The summed E-state index contributed by atoms with van der Waals surface area (Å²) in [5.74, 6) is 0.485. The number of carbonyl (C=O) groups is 1. The fourth-order valence-electron chi connectivity index (χ4n) is 3.38. The molecule has 0 N–H and O–H groups in total. The van der Waals surface area contributed by atoms with Gasteiger partial charge in [-0.25, -0.2) is 8.42 Å². The zero-order chi connectivity index (χ0) is 20.1. The minimum absolute atomic E-state index is 0.126. The Kier molecular flexibility index (Phi) is 6.52. The lowest BCUT2D eigenvalue weighted by Crippen LogP contribution is -2.45. The number of hydrogen-bond donors (Lipinski definition) is 0. The summed E-state index contributed by atoms with van der Waals surface area (Å²) in [6, 6.07) is 16.2. The Balaban J connectivity index is 1.84. The maximum atomic E-state index is 13.3. The standard InChI is InChI=1S/C22H28N2O3S/c1-18-8-10-21(11-9-18)28(26,27)24(16-20-6-4-3-5-7-20)17-22(25)23-14-12-19(2)13-15-23/h3-11,19H,12-17H2,1-2H3. The number of aryl methyl sites for hydroxylation is 1. The molecule has 28 heavy (non-hydrogen) atoms. The van der Waals surface area contributed by atoms with Gasteiger partial charge in [0.2, 0.25) is 15.9 Å². The third-order valence-corrected chi connectivity index (χ3v) is 7.11. The molecule has 1 fully saturated rings. The lowest BCUT2D eigenvalue weighted by atomic mass is 9.99. The molecular weight excluding hydrogens is 372 g/mol. The van der Waals surface area contributed by atoms with Crippen molar-refractivity contribution in [2.45, 2.75) is 38.1 Å². The Labute approximate surface area is 168 Å². The van der Waals surface area contributed by atoms with Crippen LogP contribution in [0.25, 0.3) is 0 Å². The van der Waals surface area contributed by atoms with Crippen LogP contribution in [0.4, 0.5) is 0 Å². The highest BCUT2D eigenvalue weighted by Gasteiger charge is 2.29. The van der Waals surface area contributed by atoms with E-state index in [1.54, 1.807) is 29.2 Å². The van der Waals surface area contributed by atoms with Gasteiger partial charge in [-0.2, -0.15) is 4.31 Å². The van der Waals surface area contributed by atoms with Crippen LogP contribution < -0.4 is 0 Å². The fourth-order valence-corrected chi connectivity index (χ4v) is 4.76. The molecule has 2 aromatic rings. The van der Waals surface area contributed by atoms with Crippen LogP contribution in [0.1, 0.15) is 30.9 Å². The van der Waals surface area contributed by atoms with Gasteiger partial charge in [0, 0.05) is 19.6 Å². The predicted octanol–water partition coefficient (Wildman–Crippen LogP) is 3.44. The van der Waals surface area contributed by atoms with Gasteiger partial charge in [-0.15, -0.1) is 0 Å². The van der Waals surface area contributed by atoms with Gasteiger partial charge in [-0.1, -0.05) is 55.0 Å². The van der Waals surface area contributed by atoms with Crippen LogP contribution in [-0.4, -0.2) is 43.2 Å². The first-order chi connectivity index (χ1) is 13.4. The molecule has 1 amide bonds. The van der Waals surface area contributed by atoms with Gasteiger partial charge in [0.1, 0.15) is 0 Å². The first kappa shape index (κ1) is 20.6. The normalized spacial score (nSPS) is 15.8. The quantitative estimate of drug-likeness (QED) is 0.746. The summed E-state index contributed by atoms with van der Waals surface area (Å²) >= 11 is 0. The number of carbonyl (C=O) groups excluding carboxylic acids is 1. The van der Waals surface area contributed by atoms with Crippen molar-refractivity contribution >= 4 is 15.9 Å². The highest BCUT2D eigenvalue weighted by Crippen LogP contribution is 2.21. The molecule has 0 spiro atoms. The van der Waals surface area contributed by atoms with Gasteiger partial charge in [0.15, 0.2) is 0 Å². The van der Waals surface area contributed by atoms with E-state index in [1.807, 2.05) is 37.3 Å². The third-order valence-electron chi connectivity index (χ3n) is 5.31. The van der Waals surface area contributed by atoms with Crippen LogP contribution in [0, 0.1) is 12.8 Å². The van der Waals surface area contributed by atoms with Crippen molar-refractivity contribution in [1.82, 2.24) is 9.21 Å². The second-order valence-corrected chi connectivity index (χ2v) is 9.57. The van der Waals surface area contributed by atoms with Crippen molar-refractivity contribution in [3.63, 3.8) is 0 Å². The molecule has 1 heterocycles. The highest BCUT2D eigenvalue weighted by molar-refractivity contribution is 7.89. The maximum Gasteiger partial charge on any atom is 0.243 e. The van der Waals surface area contributed by atoms with Crippen molar-refractivity contribution < 1.29 is 13.2 Å². The average molecular weight is 401 g/mol. The van der Waals surface area contributed by atoms with Gasteiger partial charge in [0.05, 0.1) is 11.4 Å². The van der Waals surface area contributed by atoms with Crippen LogP contribution in [0.15, 0.2) is 59.5 Å². The first-order valence-corrected chi connectivity index (χ1v) is 11.2. The summed E-state index contributed by atoms with van der Waals surface area (Å²) in [4.78, 5) is 14.9. The van der Waals surface area contributed by atoms with Gasteiger partial charge >= 0.3 is 0 Å². The molecule has 0 radical (unpaired) electrons. The number of amides is 1. The van der Waals surface area contributed by atoms with Crippen LogP contribution in [0.2, 0.25) is 0 Å². The number of likely N-dealkylation sites (tertiary alicyclic amines) is 1. The van der Waals surface area contributed by atoms with Gasteiger partial charge in [-0.05, 0) is 43.4 Å². The van der Waals surface area contributed by atoms with Gasteiger partial charge in [-0.3, -0.25) is 4.79 Å². The van der Waals surface area contributed by atoms with E-state index >= 15 is 0 Å². The van der Waals surface area contributed by atoms with E-state index in [9.17, 15) is 13.2 Å². The lowest BCUT2D eigenvalue weighted by Gasteiger charge is -2.32. The molecule has 0 bridgehead atoms. The van der Waals surface area contributed by atoms with E-state index < -0.39 is 10.0 Å². The van der Waals surface area contributed by atoms with E-state index in [1.165, 1.54) is 4.31 Å². The number of sulfonamides is 1. The molecule has 0 atom stereocenters. The second kappa shape index (κ2) is 8.88. The van der Waals surface area contributed by atoms with E-state index in [0.717, 1.165) is 24.0 Å². The Hall–Kier alpha value is -2.18. The van der Waals surface area contributed by atoms with E-state index in [4.69, 9.17) is 0 Å². The van der Waals surface area contributed by atoms with E-state index in [-0.39, 0.29) is 23.9 Å². The van der Waals surface area contributed by atoms with Crippen LogP contribution in [0.3, 0.4) is 0 Å². The summed E-state index contributed by atoms with van der Waals surface area (Å²) in [5, 5.41) is 0. The molecule has 0 saturated carbocycles.